The van der Waals surface area contributed by atoms with Gasteiger partial charge in [-0.25, -0.2) is 0 Å². The van der Waals surface area contributed by atoms with Gasteiger partial charge in [0.05, 0.1) is 0 Å². The molecule has 1 aromatic rings. The molecule has 0 aromatic heterocycles. The van der Waals surface area contributed by atoms with Crippen molar-refractivity contribution in [3.8, 4) is 0 Å². The third-order valence-electron chi connectivity index (χ3n) is 3.03. The number of nitrogens with two attached hydrogens (primary N) is 1. The first-order valence-electron chi connectivity index (χ1n) is 6.88. The van der Waals surface area contributed by atoms with Crippen molar-refractivity contribution in [2.75, 3.05) is 5.73 Å². The van der Waals surface area contributed by atoms with Gasteiger partial charge in [0, 0.05) is 18.7 Å². The Morgan fingerprint density at radius 3 is 2.53 bits per heavy atom. The smallest absolute Gasteiger partial charge is 0.220 e. The Balaban J connectivity index is 2.38. The molecule has 0 aliphatic rings. The van der Waals surface area contributed by atoms with Crippen LogP contribution in [0.2, 0.25) is 0 Å². The lowest BCUT2D eigenvalue weighted by molar-refractivity contribution is -0.122. The third-order valence-corrected chi connectivity index (χ3v) is 3.03. The van der Waals surface area contributed by atoms with E-state index in [4.69, 9.17) is 5.73 Å². The van der Waals surface area contributed by atoms with Gasteiger partial charge >= 0.3 is 0 Å². The maximum atomic E-state index is 11.9. The molecule has 3 heteroatoms. The molecule has 0 aliphatic heterocycles. The third kappa shape index (κ3) is 6.27. The summed E-state index contributed by atoms with van der Waals surface area (Å²) in [4.78, 5) is 11.9. The Morgan fingerprint density at radius 1 is 1.32 bits per heavy atom. The van der Waals surface area contributed by atoms with Crippen molar-refractivity contribution in [2.24, 2.45) is 11.3 Å². The van der Waals surface area contributed by atoms with Gasteiger partial charge in [-0.1, -0.05) is 45.9 Å². The van der Waals surface area contributed by atoms with Crippen LogP contribution in [0.5, 0.6) is 0 Å². The number of nitrogen functional groups attached to an aromatic ring is 1. The number of anilines is 1. The number of para-hydroxylation sites is 1. The van der Waals surface area contributed by atoms with Gasteiger partial charge in [0.2, 0.25) is 5.91 Å². The topological polar surface area (TPSA) is 55.1 Å². The molecule has 3 nitrogen and oxygen atoms in total. The molecule has 1 rings (SSSR count). The minimum absolute atomic E-state index is 0.0972. The fourth-order valence-electron chi connectivity index (χ4n) is 2.40. The zero-order chi connectivity index (χ0) is 14.5. The predicted molar refractivity (Wildman–Crippen MR) is 80.6 cm³/mol. The predicted octanol–water partition coefficient (Wildman–Crippen LogP) is 3.35. The molecule has 3 N–H and O–H groups in total. The largest absolute Gasteiger partial charge is 0.398 e. The quantitative estimate of drug-likeness (QED) is 0.800. The zero-order valence-corrected chi connectivity index (χ0v) is 12.5. The summed E-state index contributed by atoms with van der Waals surface area (Å²) in [6.07, 6.45) is 1.62. The minimum Gasteiger partial charge on any atom is -0.398 e. The fourth-order valence-corrected chi connectivity index (χ4v) is 2.40. The number of rotatable bonds is 5. The number of carbonyl (C=O) groups is 1. The molecule has 0 radical (unpaired) electrons. The van der Waals surface area contributed by atoms with E-state index in [9.17, 15) is 4.79 Å². The van der Waals surface area contributed by atoms with E-state index in [0.717, 1.165) is 17.7 Å². The van der Waals surface area contributed by atoms with E-state index in [1.165, 1.54) is 0 Å². The van der Waals surface area contributed by atoms with Gasteiger partial charge < -0.3 is 11.1 Å². The Hall–Kier alpha value is -1.51. The first kappa shape index (κ1) is 15.5. The summed E-state index contributed by atoms with van der Waals surface area (Å²) in [6.45, 7) is 9.24. The lowest BCUT2D eigenvalue weighted by atomic mass is 9.84. The molecule has 19 heavy (non-hydrogen) atoms. The Morgan fingerprint density at radius 2 is 1.95 bits per heavy atom. The highest BCUT2D eigenvalue weighted by molar-refractivity contribution is 5.76. The van der Waals surface area contributed by atoms with Gasteiger partial charge in [-0.15, -0.1) is 0 Å². The normalized spacial score (nSPS) is 13.1. The SMILES string of the molecule is CC(CC(=O)NCc1ccccc1N)CC(C)(C)C. The summed E-state index contributed by atoms with van der Waals surface area (Å²) in [5.74, 6) is 0.494. The van der Waals surface area contributed by atoms with Crippen LogP contribution in [0.25, 0.3) is 0 Å². The Bertz CT molecular complexity index is 421. The van der Waals surface area contributed by atoms with Gasteiger partial charge in [-0.3, -0.25) is 4.79 Å². The van der Waals surface area contributed by atoms with Crippen molar-refractivity contribution in [1.82, 2.24) is 5.32 Å². The second-order valence-corrected chi connectivity index (χ2v) is 6.55. The number of carbonyl (C=O) groups excluding carboxylic acids is 1. The molecule has 1 unspecified atom stereocenters. The number of amides is 1. The summed E-state index contributed by atoms with van der Waals surface area (Å²) in [5, 5.41) is 2.94. The van der Waals surface area contributed by atoms with Gasteiger partial charge in [0.15, 0.2) is 0 Å². The molecule has 106 valence electrons. The van der Waals surface area contributed by atoms with Crippen LogP contribution in [-0.4, -0.2) is 5.91 Å². The Kier molecular flexibility index (Phi) is 5.40. The number of hydrogen-bond acceptors (Lipinski definition) is 2. The van der Waals surface area contributed by atoms with Crippen LogP contribution in [0, 0.1) is 11.3 Å². The van der Waals surface area contributed by atoms with Crippen LogP contribution in [0.1, 0.15) is 46.1 Å². The van der Waals surface area contributed by atoms with Crippen LogP contribution in [0.3, 0.4) is 0 Å². The fraction of sp³-hybridized carbons (Fsp3) is 0.562. The van der Waals surface area contributed by atoms with Crippen molar-refractivity contribution < 1.29 is 4.79 Å². The van der Waals surface area contributed by atoms with Crippen LogP contribution in [-0.2, 0) is 11.3 Å². The average Bonchev–Trinajstić information content (AvgIpc) is 2.25. The summed E-state index contributed by atoms with van der Waals surface area (Å²) in [7, 11) is 0. The van der Waals surface area contributed by atoms with Crippen molar-refractivity contribution in [3.05, 3.63) is 29.8 Å². The van der Waals surface area contributed by atoms with Crippen LogP contribution in [0.4, 0.5) is 5.69 Å². The zero-order valence-electron chi connectivity index (χ0n) is 12.5. The molecule has 1 aromatic carbocycles. The van der Waals surface area contributed by atoms with E-state index in [2.05, 4.69) is 33.0 Å². The van der Waals surface area contributed by atoms with E-state index in [1.807, 2.05) is 24.3 Å². The lowest BCUT2D eigenvalue weighted by Gasteiger charge is -2.22. The summed E-state index contributed by atoms with van der Waals surface area (Å²) in [6, 6.07) is 7.62. The molecule has 0 bridgehead atoms. The van der Waals surface area contributed by atoms with Gasteiger partial charge in [0.25, 0.3) is 0 Å². The van der Waals surface area contributed by atoms with Gasteiger partial charge in [-0.2, -0.15) is 0 Å². The van der Waals surface area contributed by atoms with Crippen molar-refractivity contribution in [1.29, 1.82) is 0 Å². The summed E-state index contributed by atoms with van der Waals surface area (Å²) in [5.41, 5.74) is 7.81. The first-order chi connectivity index (χ1) is 8.78. The molecule has 0 fully saturated rings. The highest BCUT2D eigenvalue weighted by Crippen LogP contribution is 2.25. The van der Waals surface area contributed by atoms with E-state index < -0.39 is 0 Å². The molecular weight excluding hydrogens is 236 g/mol. The van der Waals surface area contributed by atoms with Crippen molar-refractivity contribution in [3.63, 3.8) is 0 Å². The summed E-state index contributed by atoms with van der Waals surface area (Å²) < 4.78 is 0. The molecule has 1 amide bonds. The van der Waals surface area contributed by atoms with Crippen LogP contribution >= 0.6 is 0 Å². The molecule has 0 heterocycles. The maximum Gasteiger partial charge on any atom is 0.220 e. The van der Waals surface area contributed by atoms with E-state index in [1.54, 1.807) is 0 Å². The highest BCUT2D eigenvalue weighted by Gasteiger charge is 2.17. The number of benzene rings is 1. The minimum atomic E-state index is 0.0972. The standard InChI is InChI=1S/C16H26N2O/c1-12(10-16(2,3)4)9-15(19)18-11-13-7-5-6-8-14(13)17/h5-8,12H,9-11,17H2,1-4H3,(H,18,19). The second-order valence-electron chi connectivity index (χ2n) is 6.55. The molecule has 0 saturated heterocycles. The molecule has 1 atom stereocenters. The second kappa shape index (κ2) is 6.60. The molecule has 0 aliphatic carbocycles. The lowest BCUT2D eigenvalue weighted by Crippen LogP contribution is -2.26. The van der Waals surface area contributed by atoms with Gasteiger partial charge in [0.1, 0.15) is 0 Å². The Labute approximate surface area is 116 Å². The number of nitrogens with one attached hydrogen (secondary N) is 1. The number of hydrogen-bond donors (Lipinski definition) is 2. The van der Waals surface area contributed by atoms with Crippen molar-refractivity contribution >= 4 is 11.6 Å². The van der Waals surface area contributed by atoms with E-state index in [0.29, 0.717) is 18.9 Å². The molecule has 0 saturated carbocycles. The molecule has 0 spiro atoms. The van der Waals surface area contributed by atoms with Gasteiger partial charge in [-0.05, 0) is 29.4 Å². The highest BCUT2D eigenvalue weighted by atomic mass is 16.1. The van der Waals surface area contributed by atoms with E-state index >= 15 is 0 Å². The molecular formula is C16H26N2O. The van der Waals surface area contributed by atoms with Crippen molar-refractivity contribution in [2.45, 2.75) is 47.1 Å². The summed E-state index contributed by atoms with van der Waals surface area (Å²) >= 11 is 0. The van der Waals surface area contributed by atoms with Crippen LogP contribution < -0.4 is 11.1 Å². The van der Waals surface area contributed by atoms with E-state index in [-0.39, 0.29) is 11.3 Å². The monoisotopic (exact) mass is 262 g/mol. The maximum absolute atomic E-state index is 11.9. The van der Waals surface area contributed by atoms with Crippen LogP contribution in [0.15, 0.2) is 24.3 Å². The average molecular weight is 262 g/mol. The first-order valence-corrected chi connectivity index (χ1v) is 6.88.